The van der Waals surface area contributed by atoms with Gasteiger partial charge in [0.1, 0.15) is 0 Å². The maximum absolute atomic E-state index is 10.0. The summed E-state index contributed by atoms with van der Waals surface area (Å²) in [6.07, 6.45) is 1.33. The number of nitrogens with two attached hydrogens (primary N) is 1. The summed E-state index contributed by atoms with van der Waals surface area (Å²) in [6.45, 7) is 0. The number of phenolic OH excluding ortho intramolecular Hbond substituents is 1. The van der Waals surface area contributed by atoms with Gasteiger partial charge in [-0.1, -0.05) is 15.9 Å². The van der Waals surface area contributed by atoms with E-state index in [1.54, 1.807) is 24.3 Å². The van der Waals surface area contributed by atoms with Crippen molar-refractivity contribution in [2.45, 2.75) is 6.04 Å². The van der Waals surface area contributed by atoms with Crippen LogP contribution < -0.4 is 10.5 Å². The fourth-order valence-corrected chi connectivity index (χ4v) is 2.05. The van der Waals surface area contributed by atoms with Gasteiger partial charge in [-0.05, 0) is 18.2 Å². The van der Waals surface area contributed by atoms with E-state index in [-0.39, 0.29) is 17.1 Å². The van der Waals surface area contributed by atoms with Crippen molar-refractivity contribution in [2.75, 3.05) is 7.11 Å². The molecule has 6 nitrogen and oxygen atoms in total. The lowest BCUT2D eigenvalue weighted by molar-refractivity contribution is 0.372. The highest BCUT2D eigenvalue weighted by atomic mass is 79.9. The van der Waals surface area contributed by atoms with Crippen LogP contribution in [-0.4, -0.2) is 18.3 Å². The normalized spacial score (nSPS) is 12.1. The number of methoxy groups -OCH3 is 1. The van der Waals surface area contributed by atoms with Crippen molar-refractivity contribution >= 4 is 22.0 Å². The Kier molecular flexibility index (Phi) is 5.75. The Labute approximate surface area is 130 Å². The molecule has 0 fully saturated rings. The molecule has 3 N–H and O–H groups in total. The van der Waals surface area contributed by atoms with E-state index in [4.69, 9.17) is 26.3 Å². The van der Waals surface area contributed by atoms with E-state index in [1.807, 2.05) is 6.07 Å². The first-order valence-electron chi connectivity index (χ1n) is 5.71. The molecule has 0 saturated carbocycles. The van der Waals surface area contributed by atoms with Gasteiger partial charge in [0.2, 0.25) is 0 Å². The molecule has 0 bridgehead atoms. The third-order valence-electron chi connectivity index (χ3n) is 2.73. The highest BCUT2D eigenvalue weighted by Crippen LogP contribution is 2.35. The summed E-state index contributed by atoms with van der Waals surface area (Å²) in [5.41, 5.74) is 6.05. The molecule has 0 spiro atoms. The Bertz CT molecular complexity index is 681. The van der Waals surface area contributed by atoms with Crippen LogP contribution in [0.3, 0.4) is 0 Å². The number of phenols is 1. The standard InChI is InChI=1S/C14H11BrN4O2/c1-21-12-4-11(15)3-8(14(12)20)2-9(5-16)13(19)10(6-17)7-18/h2-4,10,13,20H,19H2,1H3. The molecule has 0 aliphatic carbocycles. The summed E-state index contributed by atoms with van der Waals surface area (Å²) in [7, 11) is 1.40. The average Bonchev–Trinajstić information content (AvgIpc) is 2.48. The van der Waals surface area contributed by atoms with Crippen LogP contribution in [0.1, 0.15) is 5.56 Å². The highest BCUT2D eigenvalue weighted by Gasteiger charge is 2.21. The molecule has 1 rings (SSSR count). The number of nitrogens with zero attached hydrogens (tertiary/aromatic N) is 3. The van der Waals surface area contributed by atoms with Crippen LogP contribution in [0, 0.1) is 39.9 Å². The number of benzene rings is 1. The fourth-order valence-electron chi connectivity index (χ4n) is 1.60. The minimum atomic E-state index is -1.15. The van der Waals surface area contributed by atoms with Gasteiger partial charge >= 0.3 is 0 Å². The van der Waals surface area contributed by atoms with Crippen LogP contribution >= 0.6 is 15.9 Å². The van der Waals surface area contributed by atoms with E-state index in [1.165, 1.54) is 13.2 Å². The van der Waals surface area contributed by atoms with Gasteiger partial charge in [0.15, 0.2) is 17.4 Å². The second kappa shape index (κ2) is 7.31. The zero-order chi connectivity index (χ0) is 16.0. The van der Waals surface area contributed by atoms with Crippen molar-refractivity contribution in [1.82, 2.24) is 0 Å². The van der Waals surface area contributed by atoms with Crippen molar-refractivity contribution in [3.63, 3.8) is 0 Å². The average molecular weight is 347 g/mol. The predicted octanol–water partition coefficient (Wildman–Crippen LogP) is 2.06. The quantitative estimate of drug-likeness (QED) is 0.803. The third-order valence-corrected chi connectivity index (χ3v) is 3.18. The number of rotatable bonds is 4. The second-order valence-corrected chi connectivity index (χ2v) is 4.93. The van der Waals surface area contributed by atoms with Crippen molar-refractivity contribution < 1.29 is 9.84 Å². The molecule has 0 aliphatic rings. The van der Waals surface area contributed by atoms with Crippen molar-refractivity contribution in [3.8, 4) is 29.7 Å². The summed E-state index contributed by atoms with van der Waals surface area (Å²) in [6, 6.07) is 7.37. The zero-order valence-corrected chi connectivity index (χ0v) is 12.6. The van der Waals surface area contributed by atoms with Crippen LogP contribution in [0.4, 0.5) is 0 Å². The van der Waals surface area contributed by atoms with E-state index in [2.05, 4.69) is 15.9 Å². The number of hydrogen-bond acceptors (Lipinski definition) is 6. The topological polar surface area (TPSA) is 127 Å². The van der Waals surface area contributed by atoms with E-state index < -0.39 is 12.0 Å². The van der Waals surface area contributed by atoms with Gasteiger partial charge in [0, 0.05) is 15.6 Å². The van der Waals surface area contributed by atoms with Crippen LogP contribution in [-0.2, 0) is 0 Å². The number of halogens is 1. The highest BCUT2D eigenvalue weighted by molar-refractivity contribution is 9.10. The van der Waals surface area contributed by atoms with E-state index >= 15 is 0 Å². The number of ether oxygens (including phenoxy) is 1. The smallest absolute Gasteiger partial charge is 0.165 e. The Morgan fingerprint density at radius 2 is 2.00 bits per heavy atom. The third kappa shape index (κ3) is 3.73. The van der Waals surface area contributed by atoms with E-state index in [0.717, 1.165) is 0 Å². The number of hydrogen-bond donors (Lipinski definition) is 2. The minimum absolute atomic E-state index is 0.0125. The molecule has 1 aromatic rings. The minimum Gasteiger partial charge on any atom is -0.504 e. The SMILES string of the molecule is COc1cc(Br)cc(C=C(C#N)C(N)C(C#N)C#N)c1O. The molecule has 0 radical (unpaired) electrons. The van der Waals surface area contributed by atoms with E-state index in [9.17, 15) is 5.11 Å². The Balaban J connectivity index is 3.35. The first-order chi connectivity index (χ1) is 9.98. The van der Waals surface area contributed by atoms with Crippen LogP contribution in [0.15, 0.2) is 22.2 Å². The second-order valence-electron chi connectivity index (χ2n) is 4.02. The van der Waals surface area contributed by atoms with Gasteiger partial charge in [-0.2, -0.15) is 15.8 Å². The summed E-state index contributed by atoms with van der Waals surface area (Å²) >= 11 is 3.25. The molecule has 1 atom stereocenters. The molecule has 0 saturated heterocycles. The molecule has 1 aromatic carbocycles. The van der Waals surface area contributed by atoms with Gasteiger partial charge < -0.3 is 15.6 Å². The molecular formula is C14H11BrN4O2. The summed E-state index contributed by atoms with van der Waals surface area (Å²) in [5.74, 6) is -1.09. The van der Waals surface area contributed by atoms with Crippen molar-refractivity contribution in [1.29, 1.82) is 15.8 Å². The number of nitriles is 3. The van der Waals surface area contributed by atoms with Crippen LogP contribution in [0.5, 0.6) is 11.5 Å². The molecule has 106 valence electrons. The van der Waals surface area contributed by atoms with Gasteiger partial charge in [-0.3, -0.25) is 0 Å². The molecule has 0 aromatic heterocycles. The van der Waals surface area contributed by atoms with Gasteiger partial charge in [-0.25, -0.2) is 0 Å². The van der Waals surface area contributed by atoms with Crippen LogP contribution in [0.25, 0.3) is 6.08 Å². The lowest BCUT2D eigenvalue weighted by Crippen LogP contribution is -2.29. The molecule has 0 heterocycles. The molecular weight excluding hydrogens is 336 g/mol. The first-order valence-corrected chi connectivity index (χ1v) is 6.50. The maximum atomic E-state index is 10.0. The Morgan fingerprint density at radius 1 is 1.38 bits per heavy atom. The summed E-state index contributed by atoms with van der Waals surface area (Å²) in [5, 5.41) is 36.8. The van der Waals surface area contributed by atoms with Gasteiger partial charge in [0.25, 0.3) is 0 Å². The van der Waals surface area contributed by atoms with Crippen molar-refractivity contribution in [2.24, 2.45) is 11.7 Å². The van der Waals surface area contributed by atoms with E-state index in [0.29, 0.717) is 10.0 Å². The van der Waals surface area contributed by atoms with Crippen molar-refractivity contribution in [3.05, 3.63) is 27.7 Å². The maximum Gasteiger partial charge on any atom is 0.165 e. The predicted molar refractivity (Wildman–Crippen MR) is 78.6 cm³/mol. The largest absolute Gasteiger partial charge is 0.504 e. The summed E-state index contributed by atoms with van der Waals surface area (Å²) in [4.78, 5) is 0. The molecule has 21 heavy (non-hydrogen) atoms. The lowest BCUT2D eigenvalue weighted by atomic mass is 9.95. The summed E-state index contributed by atoms with van der Waals surface area (Å²) < 4.78 is 5.63. The Morgan fingerprint density at radius 3 is 2.48 bits per heavy atom. The zero-order valence-electron chi connectivity index (χ0n) is 11.0. The van der Waals surface area contributed by atoms with Crippen LogP contribution in [0.2, 0.25) is 0 Å². The Hall–Kier alpha value is -2.53. The van der Waals surface area contributed by atoms with Gasteiger partial charge in [-0.15, -0.1) is 0 Å². The first kappa shape index (κ1) is 16.5. The van der Waals surface area contributed by atoms with Gasteiger partial charge in [0.05, 0.1) is 31.4 Å². The molecule has 0 aliphatic heterocycles. The fraction of sp³-hybridized carbons (Fsp3) is 0.214. The molecule has 7 heteroatoms. The molecule has 0 amide bonds. The lowest BCUT2D eigenvalue weighted by Gasteiger charge is -2.12. The number of aromatic hydroxyl groups is 1. The monoisotopic (exact) mass is 346 g/mol. The molecule has 1 unspecified atom stereocenters.